The molecule has 0 bridgehead atoms. The fraction of sp³-hybridized carbons (Fsp3) is 0.360. The molecule has 0 aromatic heterocycles. The summed E-state index contributed by atoms with van der Waals surface area (Å²) in [6.07, 6.45) is 3.11. The van der Waals surface area contributed by atoms with Crippen LogP contribution in [-0.4, -0.2) is 16.8 Å². The molecular weight excluding hydrogens is 362 g/mol. The Balaban J connectivity index is 1.68. The number of para-hydroxylation sites is 1. The van der Waals surface area contributed by atoms with Crippen molar-refractivity contribution in [2.45, 2.75) is 39.7 Å². The maximum atomic E-state index is 13.6. The van der Waals surface area contributed by atoms with Crippen molar-refractivity contribution in [3.63, 3.8) is 0 Å². The van der Waals surface area contributed by atoms with Crippen molar-refractivity contribution in [3.8, 4) is 5.75 Å². The van der Waals surface area contributed by atoms with E-state index in [0.29, 0.717) is 18.2 Å². The van der Waals surface area contributed by atoms with Gasteiger partial charge in [-0.1, -0.05) is 62.4 Å². The summed E-state index contributed by atoms with van der Waals surface area (Å²) in [5.41, 5.74) is 3.44. The first-order chi connectivity index (χ1) is 14.1. The largest absolute Gasteiger partial charge is 0.426 e. The van der Waals surface area contributed by atoms with Gasteiger partial charge in [0.15, 0.2) is 0 Å². The average molecular weight is 389 g/mol. The zero-order valence-corrected chi connectivity index (χ0v) is 17.0. The van der Waals surface area contributed by atoms with Crippen LogP contribution in [0, 0.1) is 17.8 Å². The van der Waals surface area contributed by atoms with Gasteiger partial charge in [-0.2, -0.15) is 0 Å². The molecule has 0 saturated heterocycles. The Morgan fingerprint density at radius 1 is 1.03 bits per heavy atom. The zero-order valence-electron chi connectivity index (χ0n) is 17.0. The van der Waals surface area contributed by atoms with E-state index in [1.807, 2.05) is 60.4 Å². The molecule has 4 rings (SSSR count). The fourth-order valence-electron chi connectivity index (χ4n) is 4.68. The molecule has 29 heavy (non-hydrogen) atoms. The predicted molar refractivity (Wildman–Crippen MR) is 112 cm³/mol. The molecule has 1 heterocycles. The maximum absolute atomic E-state index is 13.6. The van der Waals surface area contributed by atoms with Crippen LogP contribution < -0.4 is 4.74 Å². The molecule has 2 unspecified atom stereocenters. The first-order valence-electron chi connectivity index (χ1n) is 10.4. The second-order valence-electron chi connectivity index (χ2n) is 8.11. The van der Waals surface area contributed by atoms with Gasteiger partial charge < -0.3 is 9.64 Å². The summed E-state index contributed by atoms with van der Waals surface area (Å²) in [6, 6.07) is 19.0. The molecule has 1 aliphatic heterocycles. The van der Waals surface area contributed by atoms with E-state index in [4.69, 9.17) is 4.74 Å². The van der Waals surface area contributed by atoms with Crippen molar-refractivity contribution in [2.24, 2.45) is 17.8 Å². The standard InChI is InChI=1S/C25H27NO3/c1-17-10-9-15-21-18(2)22(25(28)29-20-13-7-4-8-14-20)24(27)26(23(17)21)16-19-11-5-3-6-12-19/h3-8,11-14,17-18,22H,9-10,15-16H2,1-2H3/t17?,18-,22?/m0/s1. The number of hydrogen-bond donors (Lipinski definition) is 0. The molecule has 1 amide bonds. The molecule has 0 spiro atoms. The SMILES string of the molecule is CC1CCCC2=C1N(Cc1ccccc1)C(=O)C(C(=O)Oc1ccccc1)[C@H]2C. The number of esters is 1. The molecule has 0 N–H and O–H groups in total. The van der Waals surface area contributed by atoms with Gasteiger partial charge in [0.2, 0.25) is 5.91 Å². The van der Waals surface area contributed by atoms with Crippen molar-refractivity contribution >= 4 is 11.9 Å². The van der Waals surface area contributed by atoms with Crippen LogP contribution in [-0.2, 0) is 16.1 Å². The van der Waals surface area contributed by atoms with E-state index >= 15 is 0 Å². The van der Waals surface area contributed by atoms with Crippen molar-refractivity contribution in [1.29, 1.82) is 0 Å². The van der Waals surface area contributed by atoms with Gasteiger partial charge in [-0.15, -0.1) is 0 Å². The first-order valence-corrected chi connectivity index (χ1v) is 10.4. The predicted octanol–water partition coefficient (Wildman–Crippen LogP) is 4.96. The van der Waals surface area contributed by atoms with Gasteiger partial charge in [-0.3, -0.25) is 9.59 Å². The van der Waals surface area contributed by atoms with E-state index in [9.17, 15) is 9.59 Å². The number of ether oxygens (including phenoxy) is 1. The number of benzene rings is 2. The van der Waals surface area contributed by atoms with Crippen LogP contribution in [0.15, 0.2) is 71.9 Å². The van der Waals surface area contributed by atoms with E-state index < -0.39 is 11.9 Å². The van der Waals surface area contributed by atoms with Gasteiger partial charge in [0.1, 0.15) is 11.7 Å². The number of allylic oxidation sites excluding steroid dienone is 2. The minimum absolute atomic E-state index is 0.136. The molecule has 2 aromatic rings. The van der Waals surface area contributed by atoms with E-state index in [2.05, 4.69) is 6.92 Å². The van der Waals surface area contributed by atoms with Gasteiger partial charge in [0.25, 0.3) is 0 Å². The van der Waals surface area contributed by atoms with Crippen LogP contribution in [0.5, 0.6) is 5.75 Å². The lowest BCUT2D eigenvalue weighted by Crippen LogP contribution is -2.49. The normalized spacial score (nSPS) is 24.3. The van der Waals surface area contributed by atoms with E-state index in [0.717, 1.165) is 30.5 Å². The quantitative estimate of drug-likeness (QED) is 0.422. The molecule has 0 fully saturated rings. The van der Waals surface area contributed by atoms with Crippen LogP contribution in [0.2, 0.25) is 0 Å². The lowest BCUT2D eigenvalue weighted by molar-refractivity contribution is -0.152. The highest BCUT2D eigenvalue weighted by Gasteiger charge is 2.46. The Kier molecular flexibility index (Phi) is 5.52. The monoisotopic (exact) mass is 389 g/mol. The van der Waals surface area contributed by atoms with Gasteiger partial charge in [0.05, 0.1) is 6.54 Å². The number of amides is 1. The molecule has 4 heteroatoms. The van der Waals surface area contributed by atoms with Gasteiger partial charge in [0, 0.05) is 11.6 Å². The molecular formula is C25H27NO3. The minimum Gasteiger partial charge on any atom is -0.426 e. The van der Waals surface area contributed by atoms with Crippen LogP contribution in [0.4, 0.5) is 0 Å². The van der Waals surface area contributed by atoms with Crippen molar-refractivity contribution in [3.05, 3.63) is 77.5 Å². The van der Waals surface area contributed by atoms with E-state index in [1.54, 1.807) is 12.1 Å². The second kappa shape index (κ2) is 8.24. The topological polar surface area (TPSA) is 46.6 Å². The molecule has 4 nitrogen and oxygen atoms in total. The van der Waals surface area contributed by atoms with Gasteiger partial charge in [-0.05, 0) is 48.4 Å². The Bertz CT molecular complexity index is 920. The summed E-state index contributed by atoms with van der Waals surface area (Å²) in [4.78, 5) is 28.5. The summed E-state index contributed by atoms with van der Waals surface area (Å²) in [7, 11) is 0. The number of carbonyl (C=O) groups excluding carboxylic acids is 2. The minimum atomic E-state index is -0.803. The van der Waals surface area contributed by atoms with Crippen molar-refractivity contribution in [2.75, 3.05) is 0 Å². The molecule has 150 valence electrons. The first kappa shape index (κ1) is 19.4. The summed E-state index contributed by atoms with van der Waals surface area (Å²) in [5, 5.41) is 0. The maximum Gasteiger partial charge on any atom is 0.324 e. The summed E-state index contributed by atoms with van der Waals surface area (Å²) >= 11 is 0. The third-order valence-electron chi connectivity index (χ3n) is 6.15. The molecule has 3 atom stereocenters. The molecule has 1 aliphatic carbocycles. The summed E-state index contributed by atoms with van der Waals surface area (Å²) < 4.78 is 5.59. The lowest BCUT2D eigenvalue weighted by Gasteiger charge is -2.43. The molecule has 2 aliphatic rings. The zero-order chi connectivity index (χ0) is 20.4. The van der Waals surface area contributed by atoms with Crippen molar-refractivity contribution < 1.29 is 14.3 Å². The highest BCUT2D eigenvalue weighted by Crippen LogP contribution is 2.44. The third kappa shape index (κ3) is 3.84. The van der Waals surface area contributed by atoms with Gasteiger partial charge in [-0.25, -0.2) is 0 Å². The Morgan fingerprint density at radius 2 is 1.69 bits per heavy atom. The van der Waals surface area contributed by atoms with Crippen LogP contribution in [0.25, 0.3) is 0 Å². The number of rotatable bonds is 4. The fourth-order valence-corrected chi connectivity index (χ4v) is 4.68. The number of carbonyl (C=O) groups is 2. The second-order valence-corrected chi connectivity index (χ2v) is 8.11. The lowest BCUT2D eigenvalue weighted by atomic mass is 9.73. The molecule has 0 saturated carbocycles. The highest BCUT2D eigenvalue weighted by molar-refractivity contribution is 6.01. The Labute approximate surface area is 172 Å². The Morgan fingerprint density at radius 3 is 2.38 bits per heavy atom. The van der Waals surface area contributed by atoms with E-state index in [-0.39, 0.29) is 11.8 Å². The van der Waals surface area contributed by atoms with Crippen molar-refractivity contribution in [1.82, 2.24) is 4.90 Å². The molecule has 2 aromatic carbocycles. The summed E-state index contributed by atoms with van der Waals surface area (Å²) in [6.45, 7) is 4.68. The number of hydrogen-bond acceptors (Lipinski definition) is 3. The van der Waals surface area contributed by atoms with Gasteiger partial charge >= 0.3 is 5.97 Å². The van der Waals surface area contributed by atoms with Crippen LogP contribution in [0.3, 0.4) is 0 Å². The van der Waals surface area contributed by atoms with Crippen LogP contribution >= 0.6 is 0 Å². The summed E-state index contributed by atoms with van der Waals surface area (Å²) in [5.74, 6) is -0.748. The average Bonchev–Trinajstić information content (AvgIpc) is 2.73. The highest BCUT2D eigenvalue weighted by atomic mass is 16.5. The molecule has 0 radical (unpaired) electrons. The Hall–Kier alpha value is -2.88. The number of nitrogens with zero attached hydrogens (tertiary/aromatic N) is 1. The third-order valence-corrected chi connectivity index (χ3v) is 6.15. The smallest absolute Gasteiger partial charge is 0.324 e. The van der Waals surface area contributed by atoms with Crippen LogP contribution in [0.1, 0.15) is 38.7 Å². The van der Waals surface area contributed by atoms with E-state index in [1.165, 1.54) is 5.57 Å².